The highest BCUT2D eigenvalue weighted by Crippen LogP contribution is 2.35. The highest BCUT2D eigenvalue weighted by atomic mass is 15.2. The quantitative estimate of drug-likeness (QED) is 0.203. The molecule has 0 aromatic heterocycles. The van der Waals surface area contributed by atoms with E-state index in [1.807, 2.05) is 54.5 Å². The Bertz CT molecular complexity index is 1150. The predicted molar refractivity (Wildman–Crippen MR) is 201 cm³/mol. The highest BCUT2D eigenvalue weighted by Gasteiger charge is 2.22. The third kappa shape index (κ3) is 14.1. The van der Waals surface area contributed by atoms with Crippen LogP contribution in [0.3, 0.4) is 0 Å². The summed E-state index contributed by atoms with van der Waals surface area (Å²) in [5, 5.41) is 0. The lowest BCUT2D eigenvalue weighted by atomic mass is 9.93. The fourth-order valence-corrected chi connectivity index (χ4v) is 4.70. The van der Waals surface area contributed by atoms with E-state index in [4.69, 9.17) is 0 Å². The maximum atomic E-state index is 4.58. The maximum Gasteiger partial charge on any atom is 0.0446 e. The number of rotatable bonds is 11. The van der Waals surface area contributed by atoms with E-state index >= 15 is 0 Å². The van der Waals surface area contributed by atoms with Gasteiger partial charge >= 0.3 is 0 Å². The van der Waals surface area contributed by atoms with Gasteiger partial charge in [-0.15, -0.1) is 6.58 Å². The number of nitrogens with zero attached hydrogens (tertiary/aromatic N) is 1. The third-order valence-electron chi connectivity index (χ3n) is 6.99. The number of benzene rings is 3. The van der Waals surface area contributed by atoms with E-state index in [1.165, 1.54) is 39.9 Å². The molecular formula is C42H65N. The van der Waals surface area contributed by atoms with Gasteiger partial charge in [-0.05, 0) is 85.9 Å². The van der Waals surface area contributed by atoms with E-state index in [0.29, 0.717) is 0 Å². The van der Waals surface area contributed by atoms with Crippen molar-refractivity contribution in [3.8, 4) is 0 Å². The Labute approximate surface area is 268 Å². The molecule has 43 heavy (non-hydrogen) atoms. The molecule has 3 rings (SSSR count). The lowest BCUT2D eigenvalue weighted by Gasteiger charge is -2.35. The smallest absolute Gasteiger partial charge is 0.0446 e. The standard InChI is InChI=1S/C31H37N.C5H10.3C2H6/c1-7-13-29-20-21-31(24(5)30(29)9-3)32(23(4)22-27-14-11-10-12-15-27)25(6)28-18-16-26(8-2)17-19-28;1-4-5(2)3;3*1-2/h8,10-12,14-21,23H,2,6-7,9,13,22H2,1,3-5H3;2,4H2,1,3H3;3*1-2H3/t23-;;;;/m0..../s1. The second-order valence-electron chi connectivity index (χ2n) is 9.94. The summed E-state index contributed by atoms with van der Waals surface area (Å²) < 4.78 is 0. The Morgan fingerprint density at radius 1 is 0.814 bits per heavy atom. The van der Waals surface area contributed by atoms with Crippen LogP contribution in [0.1, 0.15) is 122 Å². The molecule has 0 N–H and O–H groups in total. The predicted octanol–water partition coefficient (Wildman–Crippen LogP) is 13.3. The van der Waals surface area contributed by atoms with Gasteiger partial charge in [-0.25, -0.2) is 0 Å². The lowest BCUT2D eigenvalue weighted by molar-refractivity contribution is 0.710. The first-order chi connectivity index (χ1) is 20.8. The Hall–Kier alpha value is -3.32. The van der Waals surface area contributed by atoms with Crippen molar-refractivity contribution in [2.75, 3.05) is 4.90 Å². The molecule has 238 valence electrons. The van der Waals surface area contributed by atoms with Gasteiger partial charge in [0.25, 0.3) is 0 Å². The Balaban J connectivity index is 0. The van der Waals surface area contributed by atoms with Crippen molar-refractivity contribution in [1.29, 1.82) is 0 Å². The molecule has 0 aliphatic carbocycles. The number of hydrogen-bond acceptors (Lipinski definition) is 1. The number of hydrogen-bond donors (Lipinski definition) is 0. The number of allylic oxidation sites excluding steroid dienone is 1. The summed E-state index contributed by atoms with van der Waals surface area (Å²) >= 11 is 0. The van der Waals surface area contributed by atoms with Gasteiger partial charge in [-0.2, -0.15) is 0 Å². The molecule has 0 heterocycles. The van der Waals surface area contributed by atoms with Gasteiger partial charge in [0.2, 0.25) is 0 Å². The van der Waals surface area contributed by atoms with E-state index in [-0.39, 0.29) is 6.04 Å². The highest BCUT2D eigenvalue weighted by molar-refractivity contribution is 5.81. The van der Waals surface area contributed by atoms with Gasteiger partial charge in [0.15, 0.2) is 0 Å². The van der Waals surface area contributed by atoms with Crippen molar-refractivity contribution in [3.05, 3.63) is 125 Å². The maximum absolute atomic E-state index is 4.58. The molecule has 0 bridgehead atoms. The first-order valence-corrected chi connectivity index (χ1v) is 16.8. The summed E-state index contributed by atoms with van der Waals surface area (Å²) in [6.45, 7) is 37.4. The van der Waals surface area contributed by atoms with Crippen molar-refractivity contribution in [1.82, 2.24) is 0 Å². The van der Waals surface area contributed by atoms with Gasteiger partial charge in [-0.1, -0.05) is 154 Å². The third-order valence-corrected chi connectivity index (χ3v) is 6.99. The van der Waals surface area contributed by atoms with Gasteiger partial charge < -0.3 is 4.90 Å². The molecule has 3 aromatic rings. The molecule has 0 radical (unpaired) electrons. The minimum atomic E-state index is 0.268. The largest absolute Gasteiger partial charge is 0.338 e. The fourth-order valence-electron chi connectivity index (χ4n) is 4.70. The summed E-state index contributed by atoms with van der Waals surface area (Å²) in [5.41, 5.74) is 11.5. The topological polar surface area (TPSA) is 3.24 Å². The van der Waals surface area contributed by atoms with Crippen LogP contribution in [0.2, 0.25) is 0 Å². The minimum Gasteiger partial charge on any atom is -0.338 e. The fraction of sp³-hybridized carbons (Fsp3) is 0.429. The average molecular weight is 584 g/mol. The van der Waals surface area contributed by atoms with Crippen LogP contribution in [0.25, 0.3) is 11.8 Å². The Kier molecular flexibility index (Phi) is 24.5. The lowest BCUT2D eigenvalue weighted by Crippen LogP contribution is -2.34. The van der Waals surface area contributed by atoms with E-state index < -0.39 is 0 Å². The van der Waals surface area contributed by atoms with Crippen LogP contribution in [0.4, 0.5) is 5.69 Å². The molecule has 3 aromatic carbocycles. The van der Waals surface area contributed by atoms with Crippen LogP contribution in [-0.2, 0) is 19.3 Å². The van der Waals surface area contributed by atoms with E-state index in [9.17, 15) is 0 Å². The summed E-state index contributed by atoms with van der Waals surface area (Å²) in [6, 6.07) is 24.2. The average Bonchev–Trinajstić information content (AvgIpc) is 3.06. The first-order valence-electron chi connectivity index (χ1n) is 16.8. The van der Waals surface area contributed by atoms with Crippen LogP contribution in [0.15, 0.2) is 92.0 Å². The van der Waals surface area contributed by atoms with E-state index in [0.717, 1.165) is 42.5 Å². The zero-order valence-electron chi connectivity index (χ0n) is 30.1. The zero-order valence-corrected chi connectivity index (χ0v) is 30.1. The Morgan fingerprint density at radius 3 is 1.79 bits per heavy atom. The molecule has 0 amide bonds. The SMILES string of the molecule is C=C(C)CC.C=Cc1ccc(C(=C)N(c2ccc(CCC)c(CC)c2C)[C@@H](C)Cc2ccccc2)cc1.CC.CC.CC. The van der Waals surface area contributed by atoms with Gasteiger partial charge in [0.05, 0.1) is 0 Å². The van der Waals surface area contributed by atoms with Crippen LogP contribution in [-0.4, -0.2) is 6.04 Å². The molecule has 1 nitrogen and oxygen atoms in total. The molecule has 0 spiro atoms. The molecule has 0 saturated carbocycles. The van der Waals surface area contributed by atoms with Crippen LogP contribution in [0, 0.1) is 6.92 Å². The normalized spacial score (nSPS) is 10.0. The van der Waals surface area contributed by atoms with Crippen molar-refractivity contribution < 1.29 is 0 Å². The van der Waals surface area contributed by atoms with E-state index in [1.54, 1.807) is 0 Å². The summed E-state index contributed by atoms with van der Waals surface area (Å²) in [6.07, 6.45) is 7.31. The van der Waals surface area contributed by atoms with Crippen LogP contribution < -0.4 is 4.90 Å². The second-order valence-corrected chi connectivity index (χ2v) is 9.94. The molecule has 0 unspecified atom stereocenters. The molecule has 0 aliphatic heterocycles. The summed E-state index contributed by atoms with van der Waals surface area (Å²) in [5.74, 6) is 0. The minimum absolute atomic E-state index is 0.268. The zero-order chi connectivity index (χ0) is 33.4. The summed E-state index contributed by atoms with van der Waals surface area (Å²) in [4.78, 5) is 2.44. The monoisotopic (exact) mass is 584 g/mol. The molecular weight excluding hydrogens is 518 g/mol. The van der Waals surface area contributed by atoms with Crippen molar-refractivity contribution in [2.45, 2.75) is 121 Å². The molecule has 1 heteroatoms. The van der Waals surface area contributed by atoms with Gasteiger partial charge in [0.1, 0.15) is 0 Å². The number of aryl methyl sites for hydroxylation is 1. The van der Waals surface area contributed by atoms with Crippen LogP contribution in [0.5, 0.6) is 0 Å². The second kappa shape index (κ2) is 25.2. The van der Waals surface area contributed by atoms with Gasteiger partial charge in [0, 0.05) is 17.4 Å². The van der Waals surface area contributed by atoms with Crippen molar-refractivity contribution >= 4 is 17.5 Å². The van der Waals surface area contributed by atoms with Crippen LogP contribution >= 0.6 is 0 Å². The van der Waals surface area contributed by atoms with Crippen molar-refractivity contribution in [3.63, 3.8) is 0 Å². The first kappa shape index (κ1) is 41.8. The van der Waals surface area contributed by atoms with Gasteiger partial charge in [-0.3, -0.25) is 0 Å². The molecule has 0 fully saturated rings. The van der Waals surface area contributed by atoms with E-state index in [2.05, 4.69) is 126 Å². The molecule has 1 atom stereocenters. The molecule has 0 aliphatic rings. The number of anilines is 1. The Morgan fingerprint density at radius 2 is 1.35 bits per heavy atom. The molecule has 0 saturated heterocycles. The summed E-state index contributed by atoms with van der Waals surface area (Å²) in [7, 11) is 0. The van der Waals surface area contributed by atoms with Crippen molar-refractivity contribution in [2.24, 2.45) is 0 Å².